The fourth-order valence-electron chi connectivity index (χ4n) is 1.38. The van der Waals surface area contributed by atoms with Crippen LogP contribution in [0.5, 0.6) is 11.5 Å². The summed E-state index contributed by atoms with van der Waals surface area (Å²) in [6.45, 7) is 3.79. The molecule has 0 aliphatic heterocycles. The Morgan fingerprint density at radius 2 is 1.87 bits per heavy atom. The maximum atomic E-state index is 11.3. The van der Waals surface area contributed by atoms with E-state index in [9.17, 15) is 15.0 Å². The predicted molar refractivity (Wildman–Crippen MR) is 57.3 cm³/mol. The van der Waals surface area contributed by atoms with Crippen molar-refractivity contribution < 1.29 is 15.0 Å². The van der Waals surface area contributed by atoms with Gasteiger partial charge in [0.15, 0.2) is 11.5 Å². The normalized spacial score (nSPS) is 10.4. The Kier molecular flexibility index (Phi) is 3.19. The maximum absolute atomic E-state index is 11.3. The molecule has 4 nitrogen and oxygen atoms in total. The lowest BCUT2D eigenvalue weighted by molar-refractivity contribution is 0.0959. The lowest BCUT2D eigenvalue weighted by atomic mass is 9.99. The van der Waals surface area contributed by atoms with E-state index in [4.69, 9.17) is 0 Å². The molecule has 0 heterocycles. The van der Waals surface area contributed by atoms with Gasteiger partial charge < -0.3 is 15.5 Å². The third kappa shape index (κ3) is 2.03. The van der Waals surface area contributed by atoms with Gasteiger partial charge in [-0.2, -0.15) is 0 Å². The van der Waals surface area contributed by atoms with Gasteiger partial charge in [-0.05, 0) is 12.0 Å². The Bertz CT molecular complexity index is 386. The van der Waals surface area contributed by atoms with Crippen molar-refractivity contribution in [3.63, 3.8) is 0 Å². The second kappa shape index (κ2) is 4.21. The SMILES string of the molecule is CNC(=O)c1ccc(C(C)C)c(O)c1O. The van der Waals surface area contributed by atoms with E-state index in [0.29, 0.717) is 5.56 Å². The van der Waals surface area contributed by atoms with E-state index in [-0.39, 0.29) is 23.0 Å². The van der Waals surface area contributed by atoms with Crippen LogP contribution in [-0.4, -0.2) is 23.2 Å². The summed E-state index contributed by atoms with van der Waals surface area (Å²) in [6, 6.07) is 3.15. The zero-order valence-corrected chi connectivity index (χ0v) is 9.03. The molecule has 3 N–H and O–H groups in total. The van der Waals surface area contributed by atoms with E-state index < -0.39 is 5.91 Å². The number of hydrogen-bond acceptors (Lipinski definition) is 3. The van der Waals surface area contributed by atoms with Crippen molar-refractivity contribution >= 4 is 5.91 Å². The molecule has 0 atom stereocenters. The van der Waals surface area contributed by atoms with Crippen LogP contribution in [-0.2, 0) is 0 Å². The summed E-state index contributed by atoms with van der Waals surface area (Å²) < 4.78 is 0. The van der Waals surface area contributed by atoms with Crippen molar-refractivity contribution in [2.45, 2.75) is 19.8 Å². The molecule has 15 heavy (non-hydrogen) atoms. The van der Waals surface area contributed by atoms with Crippen molar-refractivity contribution in [2.24, 2.45) is 0 Å². The lowest BCUT2D eigenvalue weighted by Gasteiger charge is -2.11. The molecule has 1 aromatic carbocycles. The van der Waals surface area contributed by atoms with Gasteiger partial charge in [-0.1, -0.05) is 19.9 Å². The van der Waals surface area contributed by atoms with Crippen LogP contribution in [0.1, 0.15) is 35.7 Å². The minimum Gasteiger partial charge on any atom is -0.504 e. The molecule has 0 aliphatic carbocycles. The van der Waals surface area contributed by atoms with Crippen LogP contribution in [0, 0.1) is 0 Å². The zero-order valence-electron chi connectivity index (χ0n) is 9.03. The van der Waals surface area contributed by atoms with Gasteiger partial charge in [0, 0.05) is 12.6 Å². The van der Waals surface area contributed by atoms with Gasteiger partial charge in [0.05, 0.1) is 5.56 Å². The third-order valence-corrected chi connectivity index (χ3v) is 2.28. The number of phenols is 2. The number of aromatic hydroxyl groups is 2. The Labute approximate surface area is 88.6 Å². The Morgan fingerprint density at radius 1 is 1.27 bits per heavy atom. The second-order valence-corrected chi connectivity index (χ2v) is 3.63. The predicted octanol–water partition coefficient (Wildman–Crippen LogP) is 1.58. The van der Waals surface area contributed by atoms with E-state index in [1.807, 2.05) is 13.8 Å². The largest absolute Gasteiger partial charge is 0.504 e. The molecular weight excluding hydrogens is 194 g/mol. The van der Waals surface area contributed by atoms with Gasteiger partial charge in [-0.25, -0.2) is 0 Å². The smallest absolute Gasteiger partial charge is 0.254 e. The van der Waals surface area contributed by atoms with E-state index >= 15 is 0 Å². The van der Waals surface area contributed by atoms with Crippen LogP contribution in [0.15, 0.2) is 12.1 Å². The minimum atomic E-state index is -0.418. The fourth-order valence-corrected chi connectivity index (χ4v) is 1.38. The summed E-state index contributed by atoms with van der Waals surface area (Å²) in [7, 11) is 1.47. The lowest BCUT2D eigenvalue weighted by Crippen LogP contribution is -2.18. The van der Waals surface area contributed by atoms with Crippen molar-refractivity contribution in [3.8, 4) is 11.5 Å². The van der Waals surface area contributed by atoms with Crippen LogP contribution < -0.4 is 5.32 Å². The Balaban J connectivity index is 3.27. The van der Waals surface area contributed by atoms with E-state index in [1.165, 1.54) is 13.1 Å². The summed E-state index contributed by atoms with van der Waals surface area (Å²) in [6.07, 6.45) is 0. The fraction of sp³-hybridized carbons (Fsp3) is 0.364. The van der Waals surface area contributed by atoms with Crippen molar-refractivity contribution in [1.82, 2.24) is 5.32 Å². The molecule has 1 rings (SSSR count). The molecule has 0 bridgehead atoms. The summed E-state index contributed by atoms with van der Waals surface area (Å²) in [4.78, 5) is 11.3. The molecule has 0 saturated carbocycles. The summed E-state index contributed by atoms with van der Waals surface area (Å²) in [5, 5.41) is 21.7. The number of rotatable bonds is 2. The van der Waals surface area contributed by atoms with Gasteiger partial charge in [0.25, 0.3) is 5.91 Å². The quantitative estimate of drug-likeness (QED) is 0.648. The topological polar surface area (TPSA) is 69.6 Å². The highest BCUT2D eigenvalue weighted by molar-refractivity contribution is 5.97. The van der Waals surface area contributed by atoms with Gasteiger partial charge in [-0.15, -0.1) is 0 Å². The first-order chi connectivity index (χ1) is 6.99. The number of carbonyl (C=O) groups excluding carboxylic acids is 1. The highest BCUT2D eigenvalue weighted by atomic mass is 16.3. The molecule has 0 unspecified atom stereocenters. The minimum absolute atomic E-state index is 0.0828. The highest BCUT2D eigenvalue weighted by Gasteiger charge is 2.17. The van der Waals surface area contributed by atoms with Gasteiger partial charge in [-0.3, -0.25) is 4.79 Å². The van der Waals surface area contributed by atoms with Gasteiger partial charge >= 0.3 is 0 Å². The number of phenolic OH excluding ortho intramolecular Hbond substituents is 2. The Morgan fingerprint density at radius 3 is 2.33 bits per heavy atom. The second-order valence-electron chi connectivity index (χ2n) is 3.63. The standard InChI is InChI=1S/C11H15NO3/c1-6(2)7-4-5-8(11(15)12-3)10(14)9(7)13/h4-6,13-14H,1-3H3,(H,12,15). The van der Waals surface area contributed by atoms with E-state index in [0.717, 1.165) is 0 Å². The number of amides is 1. The molecule has 4 heteroatoms. The number of carbonyl (C=O) groups is 1. The third-order valence-electron chi connectivity index (χ3n) is 2.28. The molecule has 0 aliphatic rings. The zero-order chi connectivity index (χ0) is 11.6. The van der Waals surface area contributed by atoms with Crippen molar-refractivity contribution in [3.05, 3.63) is 23.3 Å². The number of nitrogens with one attached hydrogen (secondary N) is 1. The van der Waals surface area contributed by atoms with Crippen LogP contribution in [0.3, 0.4) is 0 Å². The van der Waals surface area contributed by atoms with Crippen molar-refractivity contribution in [2.75, 3.05) is 7.05 Å². The molecule has 0 fully saturated rings. The first-order valence-electron chi connectivity index (χ1n) is 4.76. The van der Waals surface area contributed by atoms with Crippen LogP contribution >= 0.6 is 0 Å². The van der Waals surface area contributed by atoms with Crippen LogP contribution in [0.4, 0.5) is 0 Å². The molecule has 0 saturated heterocycles. The first-order valence-corrected chi connectivity index (χ1v) is 4.76. The monoisotopic (exact) mass is 209 g/mol. The summed E-state index contributed by atoms with van der Waals surface area (Å²) >= 11 is 0. The maximum Gasteiger partial charge on any atom is 0.254 e. The highest BCUT2D eigenvalue weighted by Crippen LogP contribution is 2.36. The Hall–Kier alpha value is -1.71. The van der Waals surface area contributed by atoms with E-state index in [2.05, 4.69) is 5.32 Å². The van der Waals surface area contributed by atoms with Gasteiger partial charge in [0.1, 0.15) is 0 Å². The molecule has 0 spiro atoms. The first kappa shape index (κ1) is 11.4. The molecule has 0 radical (unpaired) electrons. The summed E-state index contributed by atoms with van der Waals surface area (Å²) in [5.74, 6) is -0.903. The van der Waals surface area contributed by atoms with Crippen LogP contribution in [0.2, 0.25) is 0 Å². The van der Waals surface area contributed by atoms with Crippen LogP contribution in [0.25, 0.3) is 0 Å². The molecule has 82 valence electrons. The van der Waals surface area contributed by atoms with Gasteiger partial charge in [0.2, 0.25) is 0 Å². The molecule has 1 amide bonds. The molecule has 1 aromatic rings. The molecule has 0 aromatic heterocycles. The number of hydrogen-bond donors (Lipinski definition) is 3. The van der Waals surface area contributed by atoms with E-state index in [1.54, 1.807) is 6.07 Å². The number of benzene rings is 1. The average molecular weight is 209 g/mol. The molecular formula is C11H15NO3. The average Bonchev–Trinajstić information content (AvgIpc) is 2.20. The van der Waals surface area contributed by atoms with Crippen molar-refractivity contribution in [1.29, 1.82) is 0 Å². The summed E-state index contributed by atoms with van der Waals surface area (Å²) in [5.41, 5.74) is 0.708.